The Morgan fingerprint density at radius 2 is 1.67 bits per heavy atom. The van der Waals surface area contributed by atoms with E-state index < -0.39 is 11.8 Å². The van der Waals surface area contributed by atoms with Crippen molar-refractivity contribution in [2.45, 2.75) is 0 Å². The van der Waals surface area contributed by atoms with Crippen molar-refractivity contribution in [2.75, 3.05) is 6.54 Å². The lowest BCUT2D eigenvalue weighted by Crippen LogP contribution is -2.46. The molecule has 0 aliphatic carbocycles. The first-order valence-corrected chi connectivity index (χ1v) is 7.00. The molecule has 2 rings (SSSR count). The van der Waals surface area contributed by atoms with E-state index in [1.807, 2.05) is 0 Å². The van der Waals surface area contributed by atoms with Crippen LogP contribution in [0.2, 0.25) is 0 Å². The lowest BCUT2D eigenvalue weighted by molar-refractivity contribution is -0.120. The van der Waals surface area contributed by atoms with Gasteiger partial charge in [0.05, 0.1) is 11.4 Å². The summed E-state index contributed by atoms with van der Waals surface area (Å²) in [6, 6.07) is 11.9. The Morgan fingerprint density at radius 3 is 2.33 bits per heavy atom. The Bertz CT molecular complexity index is 626. The molecule has 0 saturated carbocycles. The highest BCUT2D eigenvalue weighted by Crippen LogP contribution is 2.07. The van der Waals surface area contributed by atoms with Gasteiger partial charge in [0.25, 0.3) is 17.7 Å². The number of carbonyl (C=O) groups is 3. The summed E-state index contributed by atoms with van der Waals surface area (Å²) in [4.78, 5) is 35.3. The molecule has 1 heterocycles. The maximum atomic E-state index is 11.7. The number of amides is 3. The van der Waals surface area contributed by atoms with Crippen LogP contribution >= 0.6 is 11.3 Å². The number of hydrogen-bond acceptors (Lipinski definition) is 4. The summed E-state index contributed by atoms with van der Waals surface area (Å²) in [5, 5.41) is 4.23. The van der Waals surface area contributed by atoms with Crippen LogP contribution in [0.15, 0.2) is 47.8 Å². The third-order valence-corrected chi connectivity index (χ3v) is 3.37. The number of rotatable bonds is 4. The summed E-state index contributed by atoms with van der Waals surface area (Å²) in [6.07, 6.45) is 0. The summed E-state index contributed by atoms with van der Waals surface area (Å²) in [6.45, 7) is -0.216. The molecule has 6 nitrogen and oxygen atoms in total. The number of hydrogen-bond donors (Lipinski definition) is 3. The van der Waals surface area contributed by atoms with Crippen LogP contribution in [0.4, 0.5) is 0 Å². The average Bonchev–Trinajstić information content (AvgIpc) is 3.05. The van der Waals surface area contributed by atoms with Crippen LogP contribution in [0.25, 0.3) is 0 Å². The van der Waals surface area contributed by atoms with Crippen LogP contribution in [0.1, 0.15) is 20.0 Å². The molecular weight excluding hydrogens is 290 g/mol. The Hall–Kier alpha value is -2.67. The molecule has 1 aromatic heterocycles. The summed E-state index contributed by atoms with van der Waals surface area (Å²) >= 11 is 1.28. The SMILES string of the molecule is O=C(CNC(=O)c1cccs1)NNC(=O)c1ccccc1. The normalized spacial score (nSPS) is 9.71. The third kappa shape index (κ3) is 4.43. The highest BCUT2D eigenvalue weighted by atomic mass is 32.1. The lowest BCUT2D eigenvalue weighted by atomic mass is 10.2. The smallest absolute Gasteiger partial charge is 0.269 e. The topological polar surface area (TPSA) is 87.3 Å². The van der Waals surface area contributed by atoms with Crippen LogP contribution < -0.4 is 16.2 Å². The van der Waals surface area contributed by atoms with Gasteiger partial charge in [-0.05, 0) is 23.6 Å². The van der Waals surface area contributed by atoms with Crippen molar-refractivity contribution in [1.29, 1.82) is 0 Å². The van der Waals surface area contributed by atoms with Crippen LogP contribution in [0, 0.1) is 0 Å². The zero-order valence-corrected chi connectivity index (χ0v) is 11.8. The number of hydrazine groups is 1. The van der Waals surface area contributed by atoms with Gasteiger partial charge in [0.15, 0.2) is 0 Å². The molecule has 0 unspecified atom stereocenters. The summed E-state index contributed by atoms with van der Waals surface area (Å²) in [5.41, 5.74) is 4.93. The van der Waals surface area contributed by atoms with Gasteiger partial charge >= 0.3 is 0 Å². The molecule has 21 heavy (non-hydrogen) atoms. The van der Waals surface area contributed by atoms with Crippen molar-refractivity contribution in [2.24, 2.45) is 0 Å². The molecule has 0 atom stereocenters. The van der Waals surface area contributed by atoms with Gasteiger partial charge in [0.1, 0.15) is 0 Å². The fraction of sp³-hybridized carbons (Fsp3) is 0.0714. The van der Waals surface area contributed by atoms with Gasteiger partial charge < -0.3 is 5.32 Å². The fourth-order valence-electron chi connectivity index (χ4n) is 1.49. The Kier molecular flexibility index (Phi) is 5.05. The average molecular weight is 303 g/mol. The molecule has 2 aromatic rings. The third-order valence-electron chi connectivity index (χ3n) is 2.51. The van der Waals surface area contributed by atoms with Crippen molar-refractivity contribution in [1.82, 2.24) is 16.2 Å². The molecule has 0 fully saturated rings. The molecule has 0 aliphatic rings. The molecule has 0 bridgehead atoms. The summed E-state index contributed by atoms with van der Waals surface area (Å²) in [5.74, 6) is -1.26. The molecule has 1 aromatic carbocycles. The van der Waals surface area contributed by atoms with Crippen LogP contribution in [0.3, 0.4) is 0 Å². The number of benzene rings is 1. The molecule has 0 aliphatic heterocycles. The van der Waals surface area contributed by atoms with Gasteiger partial charge in [-0.2, -0.15) is 0 Å². The Labute approximate surface area is 125 Å². The molecule has 108 valence electrons. The van der Waals surface area contributed by atoms with Crippen LogP contribution in [-0.4, -0.2) is 24.3 Å². The molecule has 3 amide bonds. The highest BCUT2D eigenvalue weighted by molar-refractivity contribution is 7.12. The van der Waals surface area contributed by atoms with E-state index in [0.717, 1.165) is 0 Å². The van der Waals surface area contributed by atoms with E-state index in [4.69, 9.17) is 0 Å². The standard InChI is InChI=1S/C14H13N3O3S/c18-12(9-15-14(20)11-7-4-8-21-11)16-17-13(19)10-5-2-1-3-6-10/h1-8H,9H2,(H,15,20)(H,16,18)(H,17,19). The van der Waals surface area contributed by atoms with E-state index in [0.29, 0.717) is 10.4 Å². The maximum absolute atomic E-state index is 11.7. The molecule has 3 N–H and O–H groups in total. The zero-order valence-electron chi connectivity index (χ0n) is 11.0. The first-order valence-electron chi connectivity index (χ1n) is 6.13. The van der Waals surface area contributed by atoms with Crippen LogP contribution in [-0.2, 0) is 4.79 Å². The number of carbonyl (C=O) groups excluding carboxylic acids is 3. The van der Waals surface area contributed by atoms with Crippen LogP contribution in [0.5, 0.6) is 0 Å². The highest BCUT2D eigenvalue weighted by Gasteiger charge is 2.10. The van der Waals surface area contributed by atoms with Crippen molar-refractivity contribution >= 4 is 29.1 Å². The van der Waals surface area contributed by atoms with E-state index in [-0.39, 0.29) is 12.5 Å². The van der Waals surface area contributed by atoms with Gasteiger partial charge in [0.2, 0.25) is 0 Å². The van der Waals surface area contributed by atoms with E-state index in [1.54, 1.807) is 47.8 Å². The summed E-state index contributed by atoms with van der Waals surface area (Å²) in [7, 11) is 0. The monoisotopic (exact) mass is 303 g/mol. The van der Waals surface area contributed by atoms with E-state index in [1.165, 1.54) is 11.3 Å². The van der Waals surface area contributed by atoms with Crippen molar-refractivity contribution in [3.05, 3.63) is 58.3 Å². The summed E-state index contributed by atoms with van der Waals surface area (Å²) < 4.78 is 0. The minimum Gasteiger partial charge on any atom is -0.342 e. The van der Waals surface area contributed by atoms with Gasteiger partial charge in [-0.1, -0.05) is 24.3 Å². The second kappa shape index (κ2) is 7.20. The van der Waals surface area contributed by atoms with Crippen molar-refractivity contribution < 1.29 is 14.4 Å². The van der Waals surface area contributed by atoms with Gasteiger partial charge in [0, 0.05) is 5.56 Å². The maximum Gasteiger partial charge on any atom is 0.269 e. The first-order chi connectivity index (χ1) is 10.2. The second-order valence-corrected chi connectivity index (χ2v) is 4.98. The fourth-order valence-corrected chi connectivity index (χ4v) is 2.13. The van der Waals surface area contributed by atoms with Crippen molar-refractivity contribution in [3.8, 4) is 0 Å². The van der Waals surface area contributed by atoms with E-state index in [9.17, 15) is 14.4 Å². The van der Waals surface area contributed by atoms with E-state index in [2.05, 4.69) is 16.2 Å². The predicted octanol–water partition coefficient (Wildman–Crippen LogP) is 0.939. The lowest BCUT2D eigenvalue weighted by Gasteiger charge is -2.07. The Morgan fingerprint density at radius 1 is 0.905 bits per heavy atom. The van der Waals surface area contributed by atoms with Gasteiger partial charge in [-0.25, -0.2) is 0 Å². The van der Waals surface area contributed by atoms with Gasteiger partial charge in [-0.15, -0.1) is 11.3 Å². The molecule has 7 heteroatoms. The first kappa shape index (κ1) is 14.7. The zero-order chi connectivity index (χ0) is 15.1. The number of thiophene rings is 1. The minimum absolute atomic E-state index is 0.216. The van der Waals surface area contributed by atoms with Gasteiger partial charge in [-0.3, -0.25) is 25.2 Å². The second-order valence-electron chi connectivity index (χ2n) is 4.03. The molecular formula is C14H13N3O3S. The predicted molar refractivity (Wildman–Crippen MR) is 78.7 cm³/mol. The molecule has 0 radical (unpaired) electrons. The minimum atomic E-state index is -0.510. The van der Waals surface area contributed by atoms with E-state index >= 15 is 0 Å². The quantitative estimate of drug-likeness (QED) is 0.735. The number of nitrogens with one attached hydrogen (secondary N) is 3. The molecule has 0 spiro atoms. The molecule has 0 saturated heterocycles. The Balaban J connectivity index is 1.73. The largest absolute Gasteiger partial charge is 0.342 e. The van der Waals surface area contributed by atoms with Crippen molar-refractivity contribution in [3.63, 3.8) is 0 Å².